The number of hydrogen-bond acceptors (Lipinski definition) is 2. The summed E-state index contributed by atoms with van der Waals surface area (Å²) in [5, 5.41) is 3.69. The summed E-state index contributed by atoms with van der Waals surface area (Å²) >= 11 is 0. The molecule has 4 heteroatoms. The molecule has 0 unspecified atom stereocenters. The third kappa shape index (κ3) is 1.41. The lowest BCUT2D eigenvalue weighted by Gasteiger charge is -2.51. The van der Waals surface area contributed by atoms with Gasteiger partial charge in [-0.2, -0.15) is 0 Å². The molecule has 2 saturated heterocycles. The Morgan fingerprint density at radius 1 is 1.43 bits per heavy atom. The SMILES string of the molecule is C=CC12CCC(CN=[N+]=[N-])(CC1)CO2. The summed E-state index contributed by atoms with van der Waals surface area (Å²) in [4.78, 5) is 2.83. The van der Waals surface area contributed by atoms with Gasteiger partial charge in [-0.25, -0.2) is 0 Å². The molecule has 2 heterocycles. The molecule has 3 fully saturated rings. The quantitative estimate of drug-likeness (QED) is 0.294. The van der Waals surface area contributed by atoms with Gasteiger partial charge in [0.05, 0.1) is 12.2 Å². The summed E-state index contributed by atoms with van der Waals surface area (Å²) in [5.41, 5.74) is 8.37. The lowest BCUT2D eigenvalue weighted by Crippen LogP contribution is -2.51. The monoisotopic (exact) mass is 193 g/mol. The lowest BCUT2D eigenvalue weighted by atomic mass is 9.66. The van der Waals surface area contributed by atoms with Crippen LogP contribution < -0.4 is 0 Å². The van der Waals surface area contributed by atoms with Crippen LogP contribution in [0, 0.1) is 5.41 Å². The number of rotatable bonds is 3. The lowest BCUT2D eigenvalue weighted by molar-refractivity contribution is -0.154. The number of ether oxygens (including phenoxy) is 1. The van der Waals surface area contributed by atoms with Gasteiger partial charge in [0.25, 0.3) is 0 Å². The highest BCUT2D eigenvalue weighted by Gasteiger charge is 2.47. The molecule has 2 aliphatic heterocycles. The van der Waals surface area contributed by atoms with Crippen LogP contribution in [0.3, 0.4) is 0 Å². The topological polar surface area (TPSA) is 58.0 Å². The second kappa shape index (κ2) is 3.30. The van der Waals surface area contributed by atoms with Gasteiger partial charge in [-0.1, -0.05) is 11.2 Å². The highest BCUT2D eigenvalue weighted by molar-refractivity contribution is 5.08. The predicted molar refractivity (Wildman–Crippen MR) is 53.8 cm³/mol. The van der Waals surface area contributed by atoms with Gasteiger partial charge in [0.1, 0.15) is 0 Å². The van der Waals surface area contributed by atoms with Crippen LogP contribution in [0.2, 0.25) is 0 Å². The van der Waals surface area contributed by atoms with Crippen LogP contribution in [0.5, 0.6) is 0 Å². The van der Waals surface area contributed by atoms with Crippen molar-refractivity contribution in [1.82, 2.24) is 0 Å². The highest BCUT2D eigenvalue weighted by Crippen LogP contribution is 2.49. The third-order valence-corrected chi connectivity index (χ3v) is 3.66. The largest absolute Gasteiger partial charge is 0.370 e. The average Bonchev–Trinajstić information content (AvgIpc) is 2.29. The van der Waals surface area contributed by atoms with Crippen LogP contribution in [0.15, 0.2) is 17.8 Å². The van der Waals surface area contributed by atoms with Crippen molar-refractivity contribution in [2.45, 2.75) is 31.3 Å². The Kier molecular flexibility index (Phi) is 2.25. The van der Waals surface area contributed by atoms with Crippen molar-refractivity contribution < 1.29 is 4.74 Å². The Balaban J connectivity index is 2.08. The van der Waals surface area contributed by atoms with E-state index in [4.69, 9.17) is 10.3 Å². The minimum absolute atomic E-state index is 0.0713. The molecule has 1 aliphatic carbocycles. The Labute approximate surface area is 83.6 Å². The Hall–Kier alpha value is -0.990. The molecule has 0 aromatic rings. The summed E-state index contributed by atoms with van der Waals surface area (Å²) in [6.45, 7) is 5.13. The van der Waals surface area contributed by atoms with E-state index in [1.165, 1.54) is 0 Å². The van der Waals surface area contributed by atoms with Gasteiger partial charge in [-0.05, 0) is 36.6 Å². The normalized spacial score (nSPS) is 40.3. The first-order valence-corrected chi connectivity index (χ1v) is 5.03. The molecule has 3 rings (SSSR count). The van der Waals surface area contributed by atoms with Crippen LogP contribution in [0.25, 0.3) is 10.4 Å². The van der Waals surface area contributed by atoms with Crippen molar-refractivity contribution >= 4 is 0 Å². The van der Waals surface area contributed by atoms with Crippen molar-refractivity contribution in [1.29, 1.82) is 0 Å². The number of azide groups is 1. The zero-order valence-electron chi connectivity index (χ0n) is 8.28. The molecule has 3 aliphatic rings. The predicted octanol–water partition coefficient (Wildman–Crippen LogP) is 2.81. The molecule has 76 valence electrons. The molecular formula is C10H15N3O. The van der Waals surface area contributed by atoms with Crippen LogP contribution in [-0.2, 0) is 4.74 Å². The first-order chi connectivity index (χ1) is 6.74. The maximum Gasteiger partial charge on any atom is 0.0860 e. The van der Waals surface area contributed by atoms with E-state index in [1.807, 2.05) is 6.08 Å². The smallest absolute Gasteiger partial charge is 0.0860 e. The van der Waals surface area contributed by atoms with Crippen LogP contribution in [-0.4, -0.2) is 18.8 Å². The third-order valence-electron chi connectivity index (χ3n) is 3.66. The fraction of sp³-hybridized carbons (Fsp3) is 0.800. The van der Waals surface area contributed by atoms with Gasteiger partial charge in [0.2, 0.25) is 0 Å². The highest BCUT2D eigenvalue weighted by atomic mass is 16.5. The Bertz CT molecular complexity index is 269. The summed E-state index contributed by atoms with van der Waals surface area (Å²) < 4.78 is 5.81. The summed E-state index contributed by atoms with van der Waals surface area (Å²) in [5.74, 6) is 0. The Morgan fingerprint density at radius 2 is 2.14 bits per heavy atom. The minimum atomic E-state index is -0.0713. The molecule has 0 aromatic carbocycles. The molecule has 4 nitrogen and oxygen atoms in total. The molecule has 1 saturated carbocycles. The molecule has 0 N–H and O–H groups in total. The van der Waals surface area contributed by atoms with Gasteiger partial charge in [-0.15, -0.1) is 6.58 Å². The van der Waals surface area contributed by atoms with Gasteiger partial charge in [0, 0.05) is 11.5 Å². The van der Waals surface area contributed by atoms with Gasteiger partial charge >= 0.3 is 0 Å². The second-order valence-corrected chi connectivity index (χ2v) is 4.45. The number of fused-ring (bicyclic) bond motifs is 3. The van der Waals surface area contributed by atoms with Crippen molar-refractivity contribution in [2.75, 3.05) is 13.2 Å². The molecule has 14 heavy (non-hydrogen) atoms. The number of nitrogens with zero attached hydrogens (tertiary/aromatic N) is 3. The maximum absolute atomic E-state index is 8.32. The van der Waals surface area contributed by atoms with E-state index in [2.05, 4.69) is 16.6 Å². The van der Waals surface area contributed by atoms with Gasteiger partial charge in [-0.3, -0.25) is 0 Å². The van der Waals surface area contributed by atoms with Crippen molar-refractivity contribution in [3.05, 3.63) is 23.1 Å². The van der Waals surface area contributed by atoms with E-state index >= 15 is 0 Å². The molecule has 0 atom stereocenters. The van der Waals surface area contributed by atoms with Crippen LogP contribution in [0.1, 0.15) is 25.7 Å². The minimum Gasteiger partial charge on any atom is -0.370 e. The fourth-order valence-electron chi connectivity index (χ4n) is 2.44. The van der Waals surface area contributed by atoms with Crippen molar-refractivity contribution in [3.8, 4) is 0 Å². The second-order valence-electron chi connectivity index (χ2n) is 4.45. The van der Waals surface area contributed by atoms with Crippen molar-refractivity contribution in [2.24, 2.45) is 10.5 Å². The fourth-order valence-corrected chi connectivity index (χ4v) is 2.44. The molecule has 0 radical (unpaired) electrons. The van der Waals surface area contributed by atoms with Gasteiger partial charge in [0.15, 0.2) is 0 Å². The zero-order chi connectivity index (χ0) is 10.1. The summed E-state index contributed by atoms with van der Waals surface area (Å²) in [6, 6.07) is 0. The van der Waals surface area contributed by atoms with E-state index in [1.54, 1.807) is 0 Å². The van der Waals surface area contributed by atoms with Crippen LogP contribution >= 0.6 is 0 Å². The molecule has 2 bridgehead atoms. The molecule has 0 amide bonds. The average molecular weight is 193 g/mol. The van der Waals surface area contributed by atoms with E-state index in [-0.39, 0.29) is 11.0 Å². The first kappa shape index (κ1) is 9.56. The Morgan fingerprint density at radius 3 is 2.57 bits per heavy atom. The van der Waals surface area contributed by atoms with Crippen LogP contribution in [0.4, 0.5) is 0 Å². The van der Waals surface area contributed by atoms with E-state index in [0.717, 1.165) is 32.3 Å². The zero-order valence-corrected chi connectivity index (χ0v) is 8.28. The molecule has 0 spiro atoms. The molecule has 0 aromatic heterocycles. The van der Waals surface area contributed by atoms with E-state index < -0.39 is 0 Å². The summed E-state index contributed by atoms with van der Waals surface area (Å²) in [7, 11) is 0. The van der Waals surface area contributed by atoms with Crippen molar-refractivity contribution in [3.63, 3.8) is 0 Å². The van der Waals surface area contributed by atoms with E-state index in [0.29, 0.717) is 6.54 Å². The molecular weight excluding hydrogens is 178 g/mol. The number of hydrogen-bond donors (Lipinski definition) is 0. The maximum atomic E-state index is 8.32. The van der Waals surface area contributed by atoms with E-state index in [9.17, 15) is 0 Å². The first-order valence-electron chi connectivity index (χ1n) is 5.03. The summed E-state index contributed by atoms with van der Waals surface area (Å²) in [6.07, 6.45) is 6.18. The standard InChI is InChI=1S/C10H15N3O/c1-2-10-5-3-9(4-6-10,8-14-10)7-12-13-11/h2H,1,3-8H2. The van der Waals surface area contributed by atoms with Gasteiger partial charge < -0.3 is 4.74 Å².